The number of nitro groups is 1. The fourth-order valence-electron chi connectivity index (χ4n) is 2.35. The molecule has 1 aromatic rings. The third kappa shape index (κ3) is 3.78. The normalized spacial score (nSPS) is 23.1. The molecule has 0 saturated heterocycles. The highest BCUT2D eigenvalue weighted by Gasteiger charge is 2.20. The van der Waals surface area contributed by atoms with Crippen LogP contribution in [0, 0.1) is 16.0 Å². The fourth-order valence-corrected chi connectivity index (χ4v) is 2.57. The lowest BCUT2D eigenvalue weighted by Gasteiger charge is -2.26. The van der Waals surface area contributed by atoms with Crippen LogP contribution in [0.15, 0.2) is 12.3 Å². The molecule has 2 rings (SSSR count). The van der Waals surface area contributed by atoms with Gasteiger partial charge in [0.05, 0.1) is 16.0 Å². The van der Waals surface area contributed by atoms with Crippen LogP contribution in [0.25, 0.3) is 0 Å². The number of hydrogen-bond acceptors (Lipinski definition) is 5. The van der Waals surface area contributed by atoms with Crippen molar-refractivity contribution in [1.29, 1.82) is 0 Å². The zero-order valence-electron chi connectivity index (χ0n) is 10.4. The van der Waals surface area contributed by atoms with Crippen LogP contribution in [0.1, 0.15) is 25.7 Å². The molecule has 2 atom stereocenters. The lowest BCUT2D eigenvalue weighted by Crippen LogP contribution is -2.25. The average molecular weight is 286 g/mol. The highest BCUT2D eigenvalue weighted by atomic mass is 35.5. The number of pyridine rings is 1. The van der Waals surface area contributed by atoms with Crippen molar-refractivity contribution in [3.63, 3.8) is 0 Å². The van der Waals surface area contributed by atoms with E-state index in [0.29, 0.717) is 18.3 Å². The van der Waals surface area contributed by atoms with Crippen molar-refractivity contribution in [2.45, 2.75) is 31.8 Å². The number of aromatic nitrogens is 1. The summed E-state index contributed by atoms with van der Waals surface area (Å²) in [5.41, 5.74) is -0.122. The van der Waals surface area contributed by atoms with E-state index in [1.807, 2.05) is 0 Å². The Morgan fingerprint density at radius 1 is 1.58 bits per heavy atom. The number of aliphatic hydroxyl groups is 1. The molecule has 104 valence electrons. The van der Waals surface area contributed by atoms with Crippen LogP contribution in [0.4, 0.5) is 11.5 Å². The molecule has 1 heterocycles. The van der Waals surface area contributed by atoms with Crippen LogP contribution in [0.2, 0.25) is 5.02 Å². The molecule has 6 nitrogen and oxygen atoms in total. The van der Waals surface area contributed by atoms with Crippen LogP contribution in [-0.4, -0.2) is 27.7 Å². The molecule has 1 fully saturated rings. The molecule has 1 aliphatic carbocycles. The minimum atomic E-state index is -0.528. The number of halogens is 1. The Morgan fingerprint density at radius 3 is 3.00 bits per heavy atom. The second-order valence-electron chi connectivity index (χ2n) is 4.85. The van der Waals surface area contributed by atoms with Gasteiger partial charge >= 0.3 is 0 Å². The lowest BCUT2D eigenvalue weighted by atomic mass is 9.87. The van der Waals surface area contributed by atoms with Gasteiger partial charge in [-0.05, 0) is 25.2 Å². The zero-order valence-corrected chi connectivity index (χ0v) is 11.1. The third-order valence-electron chi connectivity index (χ3n) is 3.35. The topological polar surface area (TPSA) is 88.3 Å². The predicted molar refractivity (Wildman–Crippen MR) is 72.4 cm³/mol. The van der Waals surface area contributed by atoms with Crippen LogP contribution in [-0.2, 0) is 0 Å². The third-order valence-corrected chi connectivity index (χ3v) is 3.64. The van der Waals surface area contributed by atoms with E-state index < -0.39 is 4.92 Å². The number of rotatable bonds is 4. The summed E-state index contributed by atoms with van der Waals surface area (Å²) in [5.74, 6) is 0.837. The Hall–Kier alpha value is -1.40. The molecule has 0 bridgehead atoms. The lowest BCUT2D eigenvalue weighted by molar-refractivity contribution is -0.385. The van der Waals surface area contributed by atoms with Crippen molar-refractivity contribution in [2.75, 3.05) is 11.9 Å². The van der Waals surface area contributed by atoms with Gasteiger partial charge in [-0.15, -0.1) is 0 Å². The maximum absolute atomic E-state index is 10.6. The standard InChI is InChI=1S/C12H16ClN3O3/c13-11-5-9(16(18)19)7-15-12(11)14-6-8-2-1-3-10(17)4-8/h5,7-8,10,17H,1-4,6H2,(H,14,15). The Kier molecular flexibility index (Phi) is 4.55. The van der Waals surface area contributed by atoms with Gasteiger partial charge in [-0.1, -0.05) is 18.0 Å². The van der Waals surface area contributed by atoms with Gasteiger partial charge in [-0.25, -0.2) is 4.98 Å². The monoisotopic (exact) mass is 285 g/mol. The molecule has 1 aliphatic rings. The highest BCUT2D eigenvalue weighted by Crippen LogP contribution is 2.27. The number of anilines is 1. The smallest absolute Gasteiger partial charge is 0.289 e. The first-order chi connectivity index (χ1) is 9.06. The minimum Gasteiger partial charge on any atom is -0.393 e. The maximum atomic E-state index is 10.6. The summed E-state index contributed by atoms with van der Waals surface area (Å²) in [5, 5.41) is 23.5. The molecule has 0 aliphatic heterocycles. The molecule has 19 heavy (non-hydrogen) atoms. The van der Waals surface area contributed by atoms with Crippen molar-refractivity contribution in [1.82, 2.24) is 4.98 Å². The Balaban J connectivity index is 1.94. The molecule has 1 aromatic heterocycles. The van der Waals surface area contributed by atoms with E-state index in [-0.39, 0.29) is 16.8 Å². The van der Waals surface area contributed by atoms with Crippen molar-refractivity contribution in [3.05, 3.63) is 27.4 Å². The van der Waals surface area contributed by atoms with E-state index in [9.17, 15) is 15.2 Å². The fraction of sp³-hybridized carbons (Fsp3) is 0.583. The van der Waals surface area contributed by atoms with Gasteiger partial charge in [-0.2, -0.15) is 0 Å². The first-order valence-electron chi connectivity index (χ1n) is 6.28. The quantitative estimate of drug-likeness (QED) is 0.656. The number of aliphatic hydroxyl groups excluding tert-OH is 1. The predicted octanol–water partition coefficient (Wildman–Crippen LogP) is 2.61. The molecule has 0 spiro atoms. The summed E-state index contributed by atoms with van der Waals surface area (Å²) >= 11 is 5.94. The Morgan fingerprint density at radius 2 is 2.37 bits per heavy atom. The van der Waals surface area contributed by atoms with E-state index in [0.717, 1.165) is 25.7 Å². The highest BCUT2D eigenvalue weighted by molar-refractivity contribution is 6.33. The van der Waals surface area contributed by atoms with Crippen LogP contribution < -0.4 is 5.32 Å². The Bertz CT molecular complexity index is 470. The van der Waals surface area contributed by atoms with Gasteiger partial charge in [0, 0.05) is 12.6 Å². The van der Waals surface area contributed by atoms with E-state index in [1.165, 1.54) is 12.3 Å². The van der Waals surface area contributed by atoms with E-state index in [1.54, 1.807) is 0 Å². The summed E-state index contributed by atoms with van der Waals surface area (Å²) in [6.45, 7) is 0.668. The van der Waals surface area contributed by atoms with Crippen molar-refractivity contribution in [2.24, 2.45) is 5.92 Å². The van der Waals surface area contributed by atoms with Gasteiger partial charge in [0.15, 0.2) is 0 Å². The Labute approximate surface area is 116 Å². The molecular weight excluding hydrogens is 270 g/mol. The van der Waals surface area contributed by atoms with Gasteiger partial charge in [0.25, 0.3) is 5.69 Å². The van der Waals surface area contributed by atoms with Crippen molar-refractivity contribution < 1.29 is 10.0 Å². The maximum Gasteiger partial charge on any atom is 0.289 e. The summed E-state index contributed by atoms with van der Waals surface area (Å²) in [6.07, 6.45) is 4.69. The average Bonchev–Trinajstić information content (AvgIpc) is 2.37. The molecule has 1 saturated carbocycles. The van der Waals surface area contributed by atoms with E-state index in [4.69, 9.17) is 11.6 Å². The SMILES string of the molecule is O=[N+]([O-])c1cnc(NCC2CCCC(O)C2)c(Cl)c1. The number of nitrogens with zero attached hydrogens (tertiary/aromatic N) is 2. The molecule has 0 radical (unpaired) electrons. The largest absolute Gasteiger partial charge is 0.393 e. The van der Waals surface area contributed by atoms with Gasteiger partial charge in [-0.3, -0.25) is 10.1 Å². The van der Waals surface area contributed by atoms with Gasteiger partial charge < -0.3 is 10.4 Å². The van der Waals surface area contributed by atoms with E-state index >= 15 is 0 Å². The van der Waals surface area contributed by atoms with Crippen molar-refractivity contribution >= 4 is 23.1 Å². The van der Waals surface area contributed by atoms with Crippen LogP contribution in [0.5, 0.6) is 0 Å². The summed E-state index contributed by atoms with van der Waals surface area (Å²) < 4.78 is 0. The zero-order chi connectivity index (χ0) is 13.8. The summed E-state index contributed by atoms with van der Waals surface area (Å²) in [7, 11) is 0. The minimum absolute atomic E-state index is 0.122. The van der Waals surface area contributed by atoms with Crippen LogP contribution in [0.3, 0.4) is 0 Å². The molecule has 7 heteroatoms. The molecule has 2 unspecified atom stereocenters. The second-order valence-corrected chi connectivity index (χ2v) is 5.26. The van der Waals surface area contributed by atoms with Crippen LogP contribution >= 0.6 is 11.6 Å². The van der Waals surface area contributed by atoms with Gasteiger partial charge in [0.2, 0.25) is 0 Å². The molecule has 0 amide bonds. The number of nitrogens with one attached hydrogen (secondary N) is 1. The molecule has 0 aromatic carbocycles. The molecular formula is C12H16ClN3O3. The molecule has 2 N–H and O–H groups in total. The summed E-state index contributed by atoms with van der Waals surface area (Å²) in [4.78, 5) is 14.0. The number of hydrogen-bond donors (Lipinski definition) is 2. The van der Waals surface area contributed by atoms with E-state index in [2.05, 4.69) is 10.3 Å². The van der Waals surface area contributed by atoms with Gasteiger partial charge in [0.1, 0.15) is 12.0 Å². The second kappa shape index (κ2) is 6.16. The first-order valence-corrected chi connectivity index (χ1v) is 6.66. The first kappa shape index (κ1) is 14.0. The summed E-state index contributed by atoms with van der Waals surface area (Å²) in [6, 6.07) is 1.28. The van der Waals surface area contributed by atoms with Crippen molar-refractivity contribution in [3.8, 4) is 0 Å².